The number of hydrogen-bond acceptors (Lipinski definition) is 9. The second kappa shape index (κ2) is 11.5. The Morgan fingerprint density at radius 3 is 2.62 bits per heavy atom. The molecule has 0 bridgehead atoms. The molecular weight excluding hydrogens is 521 g/mol. The lowest BCUT2D eigenvalue weighted by atomic mass is 10.0. The Hall–Kier alpha value is -1.50. The van der Waals surface area contributed by atoms with Crippen LogP contribution in [-0.4, -0.2) is 42.1 Å². The Bertz CT molecular complexity index is 1250. The van der Waals surface area contributed by atoms with Crippen LogP contribution in [0.4, 0.5) is 5.82 Å². The van der Waals surface area contributed by atoms with Gasteiger partial charge in [0.25, 0.3) is 0 Å². The van der Waals surface area contributed by atoms with Crippen LogP contribution in [0.15, 0.2) is 29.4 Å². The number of anilines is 1. The summed E-state index contributed by atoms with van der Waals surface area (Å²) < 4.78 is 17.7. The van der Waals surface area contributed by atoms with E-state index >= 15 is 0 Å². The summed E-state index contributed by atoms with van der Waals surface area (Å²) in [5.41, 5.74) is 1.21. The number of phosphoric ester groups is 1. The van der Waals surface area contributed by atoms with Crippen molar-refractivity contribution in [1.29, 1.82) is 5.41 Å². The third-order valence-electron chi connectivity index (χ3n) is 4.82. The highest BCUT2D eigenvalue weighted by molar-refractivity contribution is 7.99. The lowest BCUT2D eigenvalue weighted by Gasteiger charge is -2.20. The van der Waals surface area contributed by atoms with Crippen LogP contribution in [0.3, 0.4) is 0 Å². The molecule has 186 valence electrons. The average molecular weight is 548 g/mol. The lowest BCUT2D eigenvalue weighted by molar-refractivity contribution is 0.154. The topological polar surface area (TPSA) is 154 Å². The van der Waals surface area contributed by atoms with Crippen LogP contribution in [0.5, 0.6) is 0 Å². The van der Waals surface area contributed by atoms with Crippen molar-refractivity contribution < 1.29 is 24.0 Å². The van der Waals surface area contributed by atoms with Crippen molar-refractivity contribution in [3.05, 3.63) is 39.7 Å². The molecule has 0 radical (unpaired) electrons. The van der Waals surface area contributed by atoms with Crippen LogP contribution in [0.25, 0.3) is 10.3 Å². The van der Waals surface area contributed by atoms with Crippen LogP contribution in [0.1, 0.15) is 38.0 Å². The zero-order chi connectivity index (χ0) is 25.0. The Kier molecular flexibility index (Phi) is 9.16. The van der Waals surface area contributed by atoms with Crippen LogP contribution in [-0.2, 0) is 15.8 Å². The number of hydrogen-bond donors (Lipinski definition) is 5. The summed E-state index contributed by atoms with van der Waals surface area (Å²) >= 11 is 8.76. The quantitative estimate of drug-likeness (QED) is 0.134. The van der Waals surface area contributed by atoms with Crippen LogP contribution < -0.4 is 10.1 Å². The molecule has 34 heavy (non-hydrogen) atoms. The third kappa shape index (κ3) is 7.02. The van der Waals surface area contributed by atoms with Crippen molar-refractivity contribution in [2.75, 3.05) is 11.9 Å². The number of aliphatic hydroxyl groups is 1. The number of nitrogens with one attached hydrogen (secondary N) is 2. The van der Waals surface area contributed by atoms with Gasteiger partial charge in [-0.15, -0.1) is 0 Å². The van der Waals surface area contributed by atoms with Crippen molar-refractivity contribution in [3.8, 4) is 0 Å². The Morgan fingerprint density at radius 2 is 2.00 bits per heavy atom. The van der Waals surface area contributed by atoms with Gasteiger partial charge in [0, 0.05) is 10.3 Å². The van der Waals surface area contributed by atoms with Crippen molar-refractivity contribution in [2.24, 2.45) is 5.92 Å². The molecule has 14 heteroatoms. The molecule has 2 heterocycles. The van der Waals surface area contributed by atoms with E-state index in [0.29, 0.717) is 38.7 Å². The van der Waals surface area contributed by atoms with Crippen LogP contribution >= 0.6 is 42.5 Å². The maximum absolute atomic E-state index is 11.2. The minimum Gasteiger partial charge on any atom is -0.394 e. The first-order valence-electron chi connectivity index (χ1n) is 10.4. The molecule has 0 saturated carbocycles. The van der Waals surface area contributed by atoms with E-state index in [1.54, 1.807) is 6.07 Å². The number of rotatable bonds is 11. The van der Waals surface area contributed by atoms with E-state index in [9.17, 15) is 9.67 Å². The molecule has 3 rings (SSSR count). The summed E-state index contributed by atoms with van der Waals surface area (Å²) in [5, 5.41) is 22.3. The largest absolute Gasteiger partial charge is 0.471 e. The summed E-state index contributed by atoms with van der Waals surface area (Å²) in [7, 11) is -4.75. The van der Waals surface area contributed by atoms with Gasteiger partial charge in [-0.2, -0.15) is 0 Å². The first-order chi connectivity index (χ1) is 16.0. The average Bonchev–Trinajstić information content (AvgIpc) is 3.06. The fraction of sp³-hybridized carbons (Fsp3) is 0.450. The first-order valence-corrected chi connectivity index (χ1v) is 14.0. The highest BCUT2D eigenvalue weighted by Gasteiger charge is 2.22. The number of aromatic nitrogens is 3. The smallest absolute Gasteiger partial charge is 0.394 e. The molecule has 10 nitrogen and oxygen atoms in total. The standard InChI is InChI=1S/C20H27ClN5O5PS2/c1-11(2)8-13(9-27)23-17-16-18(26(19(22)34-16)10-31-32(28,29)30)25-20(24-17)33-12(3)14-6-4-5-7-15(14)21/h4-7,11-13,22,27H,8-10H2,1-3H3,(H,23,24,25)(H2,28,29,30)/t12?,13-/m1/s1. The Labute approximate surface area is 210 Å². The molecule has 2 atom stereocenters. The molecule has 2 aromatic heterocycles. The van der Waals surface area contributed by atoms with Crippen molar-refractivity contribution >= 4 is 58.7 Å². The summed E-state index contributed by atoms with van der Waals surface area (Å²) in [6.45, 7) is 5.41. The molecule has 0 aliphatic rings. The van der Waals surface area contributed by atoms with Gasteiger partial charge in [-0.05, 0) is 30.9 Å². The third-order valence-corrected chi connectivity index (χ3v) is 7.61. The fourth-order valence-corrected chi connectivity index (χ4v) is 5.77. The first kappa shape index (κ1) is 27.1. The Morgan fingerprint density at radius 1 is 1.29 bits per heavy atom. The van der Waals surface area contributed by atoms with Gasteiger partial charge in [0.05, 0.1) is 12.6 Å². The predicted molar refractivity (Wildman–Crippen MR) is 134 cm³/mol. The molecule has 1 unspecified atom stereocenters. The summed E-state index contributed by atoms with van der Waals surface area (Å²) in [6, 6.07) is 7.20. The van der Waals surface area contributed by atoms with E-state index in [0.717, 1.165) is 16.9 Å². The molecule has 0 fully saturated rings. The second-order valence-corrected chi connectivity index (χ2v) is 12.0. The minimum absolute atomic E-state index is 0.00786. The van der Waals surface area contributed by atoms with E-state index in [2.05, 4.69) is 19.8 Å². The van der Waals surface area contributed by atoms with E-state index in [-0.39, 0.29) is 22.7 Å². The van der Waals surface area contributed by atoms with Gasteiger partial charge in [0.15, 0.2) is 21.4 Å². The monoisotopic (exact) mass is 547 g/mol. The fourth-order valence-electron chi connectivity index (χ4n) is 3.31. The van der Waals surface area contributed by atoms with Crippen LogP contribution in [0.2, 0.25) is 5.02 Å². The van der Waals surface area contributed by atoms with Gasteiger partial charge in [-0.3, -0.25) is 14.5 Å². The molecule has 1 aromatic carbocycles. The van der Waals surface area contributed by atoms with E-state index < -0.39 is 14.6 Å². The molecule has 0 amide bonds. The predicted octanol–water partition coefficient (Wildman–Crippen LogP) is 4.36. The maximum atomic E-state index is 11.2. The molecular formula is C20H27ClN5O5PS2. The van der Waals surface area contributed by atoms with Crippen molar-refractivity contribution in [2.45, 2.75) is 50.4 Å². The normalized spacial score (nSPS) is 14.0. The number of benzene rings is 1. The second-order valence-electron chi connectivity index (χ2n) is 8.03. The maximum Gasteiger partial charge on any atom is 0.471 e. The van der Waals surface area contributed by atoms with Crippen molar-refractivity contribution in [1.82, 2.24) is 14.5 Å². The molecule has 0 saturated heterocycles. The minimum atomic E-state index is -4.75. The summed E-state index contributed by atoms with van der Waals surface area (Å²) in [6.07, 6.45) is 0.695. The molecule has 0 aliphatic carbocycles. The highest BCUT2D eigenvalue weighted by Crippen LogP contribution is 2.39. The van der Waals surface area contributed by atoms with Gasteiger partial charge in [0.1, 0.15) is 11.4 Å². The molecule has 0 spiro atoms. The van der Waals surface area contributed by atoms with E-state index in [4.69, 9.17) is 26.8 Å². The molecule has 5 N–H and O–H groups in total. The SMILES string of the molecule is CC(C)C[C@H](CO)Nc1nc(SC(C)c2ccccc2Cl)nc2c1sc(=N)n2COP(=O)(O)O. The Balaban J connectivity index is 2.06. The zero-order valence-electron chi connectivity index (χ0n) is 18.8. The molecule has 3 aromatic rings. The van der Waals surface area contributed by atoms with E-state index in [1.807, 2.05) is 39.0 Å². The molecule has 0 aliphatic heterocycles. The number of thiazole rings is 1. The van der Waals surface area contributed by atoms with Crippen molar-refractivity contribution in [3.63, 3.8) is 0 Å². The summed E-state index contributed by atoms with van der Waals surface area (Å²) in [5.74, 6) is 0.764. The van der Waals surface area contributed by atoms with Gasteiger partial charge in [-0.1, -0.05) is 66.7 Å². The number of thioether (sulfide) groups is 1. The van der Waals surface area contributed by atoms with Gasteiger partial charge in [-0.25, -0.2) is 14.5 Å². The van der Waals surface area contributed by atoms with Gasteiger partial charge in [0.2, 0.25) is 0 Å². The van der Waals surface area contributed by atoms with Crippen LogP contribution in [0, 0.1) is 11.3 Å². The highest BCUT2D eigenvalue weighted by atomic mass is 35.5. The number of nitrogens with zero attached hydrogens (tertiary/aromatic N) is 3. The number of phosphoric acid groups is 1. The summed E-state index contributed by atoms with van der Waals surface area (Å²) in [4.78, 5) is 27.5. The van der Waals surface area contributed by atoms with E-state index in [1.165, 1.54) is 16.3 Å². The number of halogens is 1. The van der Waals surface area contributed by atoms with Gasteiger partial charge < -0.3 is 20.2 Å². The number of aliphatic hydroxyl groups excluding tert-OH is 1. The zero-order valence-corrected chi connectivity index (χ0v) is 22.1. The van der Waals surface area contributed by atoms with Gasteiger partial charge >= 0.3 is 7.82 Å². The number of fused-ring (bicyclic) bond motifs is 1. The lowest BCUT2D eigenvalue weighted by Crippen LogP contribution is -2.26.